The van der Waals surface area contributed by atoms with Crippen LogP contribution < -0.4 is 16.0 Å². The molecule has 1 amide bonds. The Morgan fingerprint density at radius 1 is 1.15 bits per heavy atom. The molecule has 0 saturated heterocycles. The predicted molar refractivity (Wildman–Crippen MR) is 122 cm³/mol. The molecule has 0 bridgehead atoms. The van der Waals surface area contributed by atoms with Gasteiger partial charge in [0.05, 0.1) is 40.1 Å². The largest absolute Gasteiger partial charge is 0.387 e. The highest BCUT2D eigenvalue weighted by Crippen LogP contribution is 2.29. The van der Waals surface area contributed by atoms with Gasteiger partial charge in [0.15, 0.2) is 0 Å². The maximum Gasteiger partial charge on any atom is 0.255 e. The molecule has 1 aliphatic rings. The van der Waals surface area contributed by atoms with E-state index in [-0.39, 0.29) is 23.8 Å². The summed E-state index contributed by atoms with van der Waals surface area (Å²) in [5.74, 6) is -0.703. The average molecular weight is 456 g/mol. The van der Waals surface area contributed by atoms with Crippen LogP contribution in [0, 0.1) is 5.82 Å². The van der Waals surface area contributed by atoms with Crippen LogP contribution in [-0.2, 0) is 0 Å². The number of carbonyl (C=O) groups is 1. The Morgan fingerprint density at radius 2 is 1.85 bits per heavy atom. The van der Waals surface area contributed by atoms with E-state index in [1.54, 1.807) is 6.07 Å². The van der Waals surface area contributed by atoms with E-state index in [0.717, 1.165) is 19.3 Å². The van der Waals surface area contributed by atoms with Crippen LogP contribution in [-0.4, -0.2) is 50.3 Å². The van der Waals surface area contributed by atoms with Gasteiger partial charge in [0.2, 0.25) is 0 Å². The lowest BCUT2D eigenvalue weighted by molar-refractivity contribution is -0.00177. The quantitative estimate of drug-likeness (QED) is 0.409. The fourth-order valence-electron chi connectivity index (χ4n) is 3.34. The van der Waals surface area contributed by atoms with E-state index in [2.05, 4.69) is 30.9 Å². The Bertz CT molecular complexity index is 1160. The zero-order chi connectivity index (χ0) is 23.6. The Morgan fingerprint density at radius 3 is 2.48 bits per heavy atom. The molecule has 33 heavy (non-hydrogen) atoms. The molecule has 0 radical (unpaired) electrons. The van der Waals surface area contributed by atoms with Gasteiger partial charge in [-0.3, -0.25) is 14.8 Å². The van der Waals surface area contributed by atoms with E-state index in [1.165, 1.54) is 44.6 Å². The van der Waals surface area contributed by atoms with E-state index in [9.17, 15) is 18.7 Å². The summed E-state index contributed by atoms with van der Waals surface area (Å²) in [7, 11) is 0. The highest BCUT2D eigenvalue weighted by Gasteiger charge is 2.28. The number of aliphatic hydroxyl groups is 1. The fourth-order valence-corrected chi connectivity index (χ4v) is 3.34. The molecule has 4 N–H and O–H groups in total. The monoisotopic (exact) mass is 456 g/mol. The zero-order valence-corrected chi connectivity index (χ0v) is 18.4. The molecule has 4 rings (SSSR count). The predicted octanol–water partition coefficient (Wildman–Crippen LogP) is 3.71. The van der Waals surface area contributed by atoms with Crippen LogP contribution in [0.2, 0.25) is 0 Å². The number of pyridine rings is 1. The minimum atomic E-state index is -1.63. The van der Waals surface area contributed by atoms with E-state index in [4.69, 9.17) is 0 Å². The highest BCUT2D eigenvalue weighted by atomic mass is 19.1. The van der Waals surface area contributed by atoms with Crippen molar-refractivity contribution in [3.8, 4) is 0 Å². The number of alkyl halides is 1. The lowest BCUT2D eigenvalue weighted by Gasteiger charge is -2.28. The molecule has 2 heterocycles. The van der Waals surface area contributed by atoms with Crippen LogP contribution in [0.1, 0.15) is 43.5 Å². The maximum absolute atomic E-state index is 14.6. The SMILES string of the molecule is CC(C)(O)C(F)CNC(=O)c1cnc(Nc2cc3nccnc3cc2F)cc1NC1CCC1. The van der Waals surface area contributed by atoms with Crippen molar-refractivity contribution in [3.63, 3.8) is 0 Å². The van der Waals surface area contributed by atoms with Crippen molar-refractivity contribution in [1.82, 2.24) is 20.3 Å². The lowest BCUT2D eigenvalue weighted by atomic mass is 9.92. The van der Waals surface area contributed by atoms with E-state index >= 15 is 0 Å². The number of carbonyl (C=O) groups excluding carboxylic acids is 1. The number of fused-ring (bicyclic) bond motifs is 1. The summed E-state index contributed by atoms with van der Waals surface area (Å²) in [6.07, 6.45) is 5.77. The van der Waals surface area contributed by atoms with E-state index < -0.39 is 23.5 Å². The summed E-state index contributed by atoms with van der Waals surface area (Å²) in [6.45, 7) is 2.34. The van der Waals surface area contributed by atoms with Crippen LogP contribution >= 0.6 is 0 Å². The van der Waals surface area contributed by atoms with Crippen molar-refractivity contribution in [3.05, 3.63) is 48.2 Å². The summed E-state index contributed by atoms with van der Waals surface area (Å²) in [5.41, 5.74) is 0.311. The van der Waals surface area contributed by atoms with Crippen LogP contribution in [0.5, 0.6) is 0 Å². The molecule has 1 aromatic carbocycles. The average Bonchev–Trinajstić information content (AvgIpc) is 2.74. The number of rotatable bonds is 8. The fraction of sp³-hybridized carbons (Fsp3) is 0.391. The number of nitrogens with zero attached hydrogens (tertiary/aromatic N) is 3. The second-order valence-corrected chi connectivity index (χ2v) is 8.72. The molecule has 8 nitrogen and oxygen atoms in total. The summed E-state index contributed by atoms with van der Waals surface area (Å²) >= 11 is 0. The number of hydrogen-bond acceptors (Lipinski definition) is 7. The van der Waals surface area contributed by atoms with Crippen LogP contribution in [0.4, 0.5) is 26.0 Å². The van der Waals surface area contributed by atoms with Gasteiger partial charge in [0.25, 0.3) is 5.91 Å². The van der Waals surface area contributed by atoms with Gasteiger partial charge in [-0.15, -0.1) is 0 Å². The minimum Gasteiger partial charge on any atom is -0.387 e. The zero-order valence-electron chi connectivity index (χ0n) is 18.4. The van der Waals surface area contributed by atoms with Crippen molar-refractivity contribution < 1.29 is 18.7 Å². The van der Waals surface area contributed by atoms with E-state index in [1.807, 2.05) is 0 Å². The third-order valence-electron chi connectivity index (χ3n) is 5.64. The molecular weight excluding hydrogens is 430 g/mol. The highest BCUT2D eigenvalue weighted by molar-refractivity contribution is 6.00. The molecule has 10 heteroatoms. The first kappa shape index (κ1) is 22.8. The Hall–Kier alpha value is -3.40. The summed E-state index contributed by atoms with van der Waals surface area (Å²) in [6, 6.07) is 4.66. The van der Waals surface area contributed by atoms with Crippen molar-refractivity contribution >= 4 is 34.1 Å². The number of aromatic nitrogens is 3. The molecule has 1 saturated carbocycles. The third kappa shape index (κ3) is 5.33. The van der Waals surface area contributed by atoms with Crippen LogP contribution in [0.3, 0.4) is 0 Å². The molecular formula is C23H26F2N6O2. The molecule has 0 aliphatic heterocycles. The molecule has 1 fully saturated rings. The van der Waals surface area contributed by atoms with Gasteiger partial charge < -0.3 is 21.1 Å². The van der Waals surface area contributed by atoms with Gasteiger partial charge in [-0.25, -0.2) is 13.8 Å². The Balaban J connectivity index is 1.57. The molecule has 0 spiro atoms. The first-order chi connectivity index (χ1) is 15.7. The first-order valence-corrected chi connectivity index (χ1v) is 10.8. The standard InChI is InChI=1S/C23H26F2N6O2/c1-23(2,33)20(25)12-29-22(32)14-11-28-21(10-16(14)30-13-4-3-5-13)31-17-9-19-18(8-15(17)24)26-6-7-27-19/h6-11,13,20,33H,3-5,12H2,1-2H3,(H,29,32)(H2,28,30,31). The summed E-state index contributed by atoms with van der Waals surface area (Å²) < 4.78 is 28.6. The normalized spacial score (nSPS) is 15.1. The first-order valence-electron chi connectivity index (χ1n) is 10.8. The number of halogens is 2. The summed E-state index contributed by atoms with van der Waals surface area (Å²) in [4.78, 5) is 25.2. The van der Waals surface area contributed by atoms with Gasteiger partial charge in [-0.1, -0.05) is 0 Å². The van der Waals surface area contributed by atoms with Crippen molar-refractivity contribution in [2.24, 2.45) is 0 Å². The number of nitrogens with one attached hydrogen (secondary N) is 3. The number of amides is 1. The third-order valence-corrected chi connectivity index (χ3v) is 5.64. The van der Waals surface area contributed by atoms with Crippen molar-refractivity contribution in [2.75, 3.05) is 17.2 Å². The molecule has 1 unspecified atom stereocenters. The van der Waals surface area contributed by atoms with Crippen LogP contribution in [0.15, 0.2) is 36.8 Å². The second-order valence-electron chi connectivity index (χ2n) is 8.72. The smallest absolute Gasteiger partial charge is 0.255 e. The lowest BCUT2D eigenvalue weighted by Crippen LogP contribution is -2.42. The van der Waals surface area contributed by atoms with E-state index in [0.29, 0.717) is 22.5 Å². The number of benzene rings is 1. The Kier molecular flexibility index (Phi) is 6.37. The minimum absolute atomic E-state index is 0.174. The number of hydrogen-bond donors (Lipinski definition) is 4. The molecule has 2 aromatic heterocycles. The molecule has 1 aliphatic carbocycles. The molecule has 3 aromatic rings. The van der Waals surface area contributed by atoms with Crippen molar-refractivity contribution in [2.45, 2.75) is 50.9 Å². The number of anilines is 3. The maximum atomic E-state index is 14.6. The van der Waals surface area contributed by atoms with Gasteiger partial charge in [0, 0.05) is 36.8 Å². The summed E-state index contributed by atoms with van der Waals surface area (Å²) in [5, 5.41) is 18.5. The van der Waals surface area contributed by atoms with Gasteiger partial charge in [0.1, 0.15) is 17.8 Å². The van der Waals surface area contributed by atoms with Crippen LogP contribution in [0.25, 0.3) is 11.0 Å². The topological polar surface area (TPSA) is 112 Å². The van der Waals surface area contributed by atoms with Gasteiger partial charge >= 0.3 is 0 Å². The van der Waals surface area contributed by atoms with Gasteiger partial charge in [-0.2, -0.15) is 0 Å². The van der Waals surface area contributed by atoms with Crippen molar-refractivity contribution in [1.29, 1.82) is 0 Å². The second kappa shape index (κ2) is 9.22. The molecule has 1 atom stereocenters. The Labute approximate surface area is 189 Å². The van der Waals surface area contributed by atoms with Gasteiger partial charge in [-0.05, 0) is 39.2 Å². The molecule has 174 valence electrons.